The Hall–Kier alpha value is -3.35. The highest BCUT2D eigenvalue weighted by Gasteiger charge is 2.26. The second-order valence-electron chi connectivity index (χ2n) is 7.13. The van der Waals surface area contributed by atoms with Gasteiger partial charge in [0.25, 0.3) is 0 Å². The van der Waals surface area contributed by atoms with Crippen LogP contribution in [0.5, 0.6) is 28.7 Å². The number of hydrogen-bond acceptors (Lipinski definition) is 7. The molecule has 2 aromatic rings. The van der Waals surface area contributed by atoms with Crippen molar-refractivity contribution in [1.82, 2.24) is 0 Å². The van der Waals surface area contributed by atoms with Crippen molar-refractivity contribution in [3.8, 4) is 28.7 Å². The standard InChI is InChI=1S/C25H33NO6/c1-9-17(13-16-11-12-20(32-10-2)19(14-16)26(3)4)22(27)18-15-21(28-5)24(30-7)25(31-8)23(18)29-6/h11-15H,9-10H2,1-8H3. The fourth-order valence-corrected chi connectivity index (χ4v) is 3.45. The van der Waals surface area contributed by atoms with Crippen LogP contribution in [0.4, 0.5) is 5.69 Å². The highest BCUT2D eigenvalue weighted by Crippen LogP contribution is 2.47. The molecule has 32 heavy (non-hydrogen) atoms. The van der Waals surface area contributed by atoms with Gasteiger partial charge in [-0.1, -0.05) is 13.0 Å². The molecular formula is C25H33NO6. The molecule has 2 aromatic carbocycles. The summed E-state index contributed by atoms with van der Waals surface area (Å²) in [6.45, 7) is 4.47. The maximum atomic E-state index is 13.5. The zero-order chi connectivity index (χ0) is 23.8. The molecule has 0 aliphatic rings. The Morgan fingerprint density at radius 3 is 2.03 bits per heavy atom. The van der Waals surface area contributed by atoms with E-state index < -0.39 is 0 Å². The molecule has 0 N–H and O–H groups in total. The van der Waals surface area contributed by atoms with Gasteiger partial charge in [-0.05, 0) is 43.2 Å². The lowest BCUT2D eigenvalue weighted by molar-refractivity contribution is 0.102. The first-order valence-electron chi connectivity index (χ1n) is 10.4. The summed E-state index contributed by atoms with van der Waals surface area (Å²) in [6, 6.07) is 7.48. The predicted octanol–water partition coefficient (Wildman–Crippen LogP) is 4.86. The normalized spacial score (nSPS) is 11.1. The van der Waals surface area contributed by atoms with Crippen LogP contribution in [-0.4, -0.2) is 54.9 Å². The fourth-order valence-electron chi connectivity index (χ4n) is 3.45. The van der Waals surface area contributed by atoms with Gasteiger partial charge in [-0.2, -0.15) is 0 Å². The molecule has 0 spiro atoms. The number of Topliss-reactive ketones (excluding diaryl/α,β-unsaturated/α-hetero) is 1. The van der Waals surface area contributed by atoms with E-state index >= 15 is 0 Å². The van der Waals surface area contributed by atoms with Crippen LogP contribution in [0.1, 0.15) is 36.2 Å². The molecule has 174 valence electrons. The van der Waals surface area contributed by atoms with Crippen molar-refractivity contribution < 1.29 is 28.5 Å². The number of anilines is 1. The number of methoxy groups -OCH3 is 4. The van der Waals surface area contributed by atoms with Gasteiger partial charge >= 0.3 is 0 Å². The highest BCUT2D eigenvalue weighted by atomic mass is 16.5. The molecule has 7 heteroatoms. The summed E-state index contributed by atoms with van der Waals surface area (Å²) in [7, 11) is 9.92. The maximum Gasteiger partial charge on any atom is 0.208 e. The quantitative estimate of drug-likeness (QED) is 0.363. The first-order chi connectivity index (χ1) is 15.4. The second-order valence-corrected chi connectivity index (χ2v) is 7.13. The molecule has 7 nitrogen and oxygen atoms in total. The van der Waals surface area contributed by atoms with Gasteiger partial charge in [-0.3, -0.25) is 4.79 Å². The van der Waals surface area contributed by atoms with Crippen LogP contribution in [0, 0.1) is 0 Å². The molecule has 0 aliphatic heterocycles. The van der Waals surface area contributed by atoms with Crippen LogP contribution in [0.2, 0.25) is 0 Å². The van der Waals surface area contributed by atoms with E-state index in [1.54, 1.807) is 6.07 Å². The molecule has 0 aliphatic carbocycles. The number of carbonyl (C=O) groups excluding carboxylic acids is 1. The summed E-state index contributed by atoms with van der Waals surface area (Å²) in [4.78, 5) is 15.5. The molecule has 0 saturated carbocycles. The summed E-state index contributed by atoms with van der Waals surface area (Å²) in [5, 5.41) is 0. The average molecular weight is 444 g/mol. The van der Waals surface area contributed by atoms with Gasteiger partial charge in [0.15, 0.2) is 17.3 Å². The third-order valence-corrected chi connectivity index (χ3v) is 5.01. The lowest BCUT2D eigenvalue weighted by atomic mass is 9.97. The Kier molecular flexibility index (Phi) is 8.81. The Morgan fingerprint density at radius 2 is 1.53 bits per heavy atom. The van der Waals surface area contributed by atoms with Crippen LogP contribution in [-0.2, 0) is 0 Å². The van der Waals surface area contributed by atoms with E-state index in [2.05, 4.69) is 0 Å². The molecule has 0 radical (unpaired) electrons. The van der Waals surface area contributed by atoms with Gasteiger partial charge in [-0.15, -0.1) is 0 Å². The summed E-state index contributed by atoms with van der Waals surface area (Å²) in [5.74, 6) is 1.99. The first-order valence-corrected chi connectivity index (χ1v) is 10.4. The number of carbonyl (C=O) groups is 1. The third-order valence-electron chi connectivity index (χ3n) is 5.01. The molecule has 0 fully saturated rings. The number of hydrogen-bond donors (Lipinski definition) is 0. The van der Waals surface area contributed by atoms with E-state index in [-0.39, 0.29) is 5.78 Å². The average Bonchev–Trinajstić information content (AvgIpc) is 2.81. The molecule has 0 saturated heterocycles. The third kappa shape index (κ3) is 5.10. The van der Waals surface area contributed by atoms with Crippen molar-refractivity contribution in [1.29, 1.82) is 0 Å². The number of ketones is 1. The van der Waals surface area contributed by atoms with Gasteiger partial charge in [0.2, 0.25) is 11.5 Å². The van der Waals surface area contributed by atoms with Crippen molar-refractivity contribution in [3.05, 3.63) is 41.0 Å². The zero-order valence-electron chi connectivity index (χ0n) is 20.2. The SMILES string of the molecule is CCOc1ccc(C=C(CC)C(=O)c2cc(OC)c(OC)c(OC)c2OC)cc1N(C)C. The molecule has 0 amide bonds. The van der Waals surface area contributed by atoms with Crippen molar-refractivity contribution in [2.24, 2.45) is 0 Å². The van der Waals surface area contributed by atoms with Gasteiger partial charge in [-0.25, -0.2) is 0 Å². The number of ether oxygens (including phenoxy) is 5. The van der Waals surface area contributed by atoms with Gasteiger partial charge in [0, 0.05) is 19.7 Å². The summed E-state index contributed by atoms with van der Waals surface area (Å²) < 4.78 is 27.6. The second kappa shape index (κ2) is 11.3. The molecule has 0 unspecified atom stereocenters. The van der Waals surface area contributed by atoms with E-state index in [0.29, 0.717) is 47.2 Å². The van der Waals surface area contributed by atoms with Crippen molar-refractivity contribution in [3.63, 3.8) is 0 Å². The van der Waals surface area contributed by atoms with E-state index in [1.807, 2.05) is 57.1 Å². The molecule has 0 heterocycles. The van der Waals surface area contributed by atoms with Crippen LogP contribution in [0.3, 0.4) is 0 Å². The van der Waals surface area contributed by atoms with Crippen molar-refractivity contribution in [2.75, 3.05) is 54.0 Å². The Morgan fingerprint density at radius 1 is 0.875 bits per heavy atom. The number of nitrogens with zero attached hydrogens (tertiary/aromatic N) is 1. The number of benzene rings is 2. The molecule has 0 aromatic heterocycles. The smallest absolute Gasteiger partial charge is 0.208 e. The van der Waals surface area contributed by atoms with Crippen molar-refractivity contribution in [2.45, 2.75) is 20.3 Å². The van der Waals surface area contributed by atoms with E-state index in [1.165, 1.54) is 28.4 Å². The van der Waals surface area contributed by atoms with E-state index in [9.17, 15) is 4.79 Å². The monoisotopic (exact) mass is 443 g/mol. The minimum absolute atomic E-state index is 0.177. The van der Waals surface area contributed by atoms with Crippen LogP contribution < -0.4 is 28.6 Å². The van der Waals surface area contributed by atoms with Crippen LogP contribution in [0.25, 0.3) is 6.08 Å². The summed E-state index contributed by atoms with van der Waals surface area (Å²) in [6.07, 6.45) is 2.41. The number of rotatable bonds is 11. The van der Waals surface area contributed by atoms with Crippen molar-refractivity contribution >= 4 is 17.5 Å². The minimum Gasteiger partial charge on any atom is -0.493 e. The summed E-state index contributed by atoms with van der Waals surface area (Å²) >= 11 is 0. The van der Waals surface area contributed by atoms with Gasteiger partial charge in [0.1, 0.15) is 5.75 Å². The topological polar surface area (TPSA) is 66.5 Å². The van der Waals surface area contributed by atoms with Crippen LogP contribution >= 0.6 is 0 Å². The Labute approximate surface area is 190 Å². The zero-order valence-corrected chi connectivity index (χ0v) is 20.2. The molecule has 2 rings (SSSR count). The lowest BCUT2D eigenvalue weighted by Crippen LogP contribution is -2.11. The fraction of sp³-hybridized carbons (Fsp3) is 0.400. The molecule has 0 bridgehead atoms. The molecule has 0 atom stereocenters. The van der Waals surface area contributed by atoms with E-state index in [0.717, 1.165) is 17.0 Å². The maximum absolute atomic E-state index is 13.5. The molecular weight excluding hydrogens is 410 g/mol. The Bertz CT molecular complexity index is 981. The van der Waals surface area contributed by atoms with Gasteiger partial charge in [0.05, 0.1) is 46.3 Å². The largest absolute Gasteiger partial charge is 0.493 e. The van der Waals surface area contributed by atoms with E-state index in [4.69, 9.17) is 23.7 Å². The first kappa shape index (κ1) is 24.9. The highest BCUT2D eigenvalue weighted by molar-refractivity contribution is 6.13. The van der Waals surface area contributed by atoms with Crippen LogP contribution in [0.15, 0.2) is 29.8 Å². The minimum atomic E-state index is -0.177. The predicted molar refractivity (Wildman–Crippen MR) is 127 cm³/mol. The Balaban J connectivity index is 2.60. The number of allylic oxidation sites excluding steroid dienone is 1. The van der Waals surface area contributed by atoms with Gasteiger partial charge < -0.3 is 28.6 Å². The summed E-state index contributed by atoms with van der Waals surface area (Å²) in [5.41, 5.74) is 2.79. The lowest BCUT2D eigenvalue weighted by Gasteiger charge is -2.19.